The molecular formula is C10H8Br2O3. The zero-order valence-corrected chi connectivity index (χ0v) is 11.0. The highest BCUT2D eigenvalue weighted by molar-refractivity contribution is 9.13. The molecule has 0 heterocycles. The predicted molar refractivity (Wildman–Crippen MR) is 64.9 cm³/mol. The third kappa shape index (κ3) is 2.82. The summed E-state index contributed by atoms with van der Waals surface area (Å²) in [5, 5.41) is 18.7. The van der Waals surface area contributed by atoms with Crippen LogP contribution in [-0.2, 0) is 4.79 Å². The maximum atomic E-state index is 10.7. The average Bonchev–Trinajstić information content (AvgIpc) is 2.18. The summed E-state index contributed by atoms with van der Waals surface area (Å²) in [7, 11) is 0. The molecule has 0 spiro atoms. The van der Waals surface area contributed by atoms with Crippen LogP contribution in [0.3, 0.4) is 0 Å². The largest absolute Gasteiger partial charge is 0.504 e. The monoisotopic (exact) mass is 334 g/mol. The van der Waals surface area contributed by atoms with E-state index in [9.17, 15) is 15.0 Å². The average molecular weight is 336 g/mol. The van der Waals surface area contributed by atoms with Gasteiger partial charge >= 0.3 is 0 Å². The van der Waals surface area contributed by atoms with Crippen LogP contribution in [0.2, 0.25) is 0 Å². The van der Waals surface area contributed by atoms with Crippen LogP contribution in [-0.4, -0.2) is 16.0 Å². The summed E-state index contributed by atoms with van der Waals surface area (Å²) in [5.74, 6) is -0.569. The Morgan fingerprint density at radius 3 is 2.47 bits per heavy atom. The van der Waals surface area contributed by atoms with Crippen LogP contribution in [0, 0.1) is 0 Å². The lowest BCUT2D eigenvalue weighted by Crippen LogP contribution is -1.83. The Morgan fingerprint density at radius 2 is 1.93 bits per heavy atom. The summed E-state index contributed by atoms with van der Waals surface area (Å²) in [4.78, 5) is 10.7. The van der Waals surface area contributed by atoms with Crippen molar-refractivity contribution < 1.29 is 15.0 Å². The van der Waals surface area contributed by atoms with Crippen molar-refractivity contribution in [3.05, 3.63) is 26.7 Å². The van der Waals surface area contributed by atoms with Gasteiger partial charge in [0.05, 0.1) is 4.47 Å². The van der Waals surface area contributed by atoms with E-state index in [1.54, 1.807) is 6.08 Å². The molecule has 0 radical (unpaired) electrons. The molecule has 0 unspecified atom stereocenters. The van der Waals surface area contributed by atoms with E-state index in [-0.39, 0.29) is 17.3 Å². The number of halogens is 2. The van der Waals surface area contributed by atoms with Crippen LogP contribution in [0.15, 0.2) is 21.1 Å². The topological polar surface area (TPSA) is 57.5 Å². The second kappa shape index (κ2) is 4.81. The Kier molecular flexibility index (Phi) is 3.93. The van der Waals surface area contributed by atoms with Crippen LogP contribution in [0.25, 0.3) is 6.08 Å². The first kappa shape index (κ1) is 12.3. The zero-order valence-electron chi connectivity index (χ0n) is 7.79. The summed E-state index contributed by atoms with van der Waals surface area (Å²) in [6.45, 7) is 1.43. The molecule has 5 heteroatoms. The number of hydrogen-bond donors (Lipinski definition) is 2. The Labute approximate surface area is 104 Å². The molecule has 0 atom stereocenters. The molecule has 15 heavy (non-hydrogen) atoms. The molecule has 0 saturated heterocycles. The molecular weight excluding hydrogens is 328 g/mol. The Balaban J connectivity index is 3.26. The fourth-order valence-electron chi connectivity index (χ4n) is 0.951. The van der Waals surface area contributed by atoms with Crippen LogP contribution < -0.4 is 0 Å². The lowest BCUT2D eigenvalue weighted by Gasteiger charge is -2.06. The molecule has 80 valence electrons. The van der Waals surface area contributed by atoms with Crippen molar-refractivity contribution >= 4 is 43.7 Å². The predicted octanol–water partition coefficient (Wildman–Crippen LogP) is 3.23. The van der Waals surface area contributed by atoms with Gasteiger partial charge in [-0.3, -0.25) is 4.79 Å². The van der Waals surface area contributed by atoms with E-state index in [2.05, 4.69) is 31.9 Å². The molecule has 0 aromatic heterocycles. The first-order valence-corrected chi connectivity index (χ1v) is 5.60. The highest BCUT2D eigenvalue weighted by atomic mass is 79.9. The first-order valence-electron chi connectivity index (χ1n) is 4.02. The third-order valence-corrected chi connectivity index (χ3v) is 3.84. The summed E-state index contributed by atoms with van der Waals surface area (Å²) in [6.07, 6.45) is 2.93. The maximum Gasteiger partial charge on any atom is 0.173 e. The SMILES string of the molecule is CC(=O)C=Cc1cc(O)c(O)c(Br)c1Br. The second-order valence-electron chi connectivity index (χ2n) is 2.91. The van der Waals surface area contributed by atoms with Crippen LogP contribution >= 0.6 is 31.9 Å². The third-order valence-electron chi connectivity index (χ3n) is 1.69. The van der Waals surface area contributed by atoms with E-state index < -0.39 is 0 Å². The summed E-state index contributed by atoms with van der Waals surface area (Å²) in [5.41, 5.74) is 0.604. The number of phenols is 2. The highest BCUT2D eigenvalue weighted by Gasteiger charge is 2.11. The number of carbonyl (C=O) groups excluding carboxylic acids is 1. The van der Waals surface area contributed by atoms with Gasteiger partial charge in [-0.05, 0) is 56.5 Å². The number of carbonyl (C=O) groups is 1. The standard InChI is InChI=1S/C10H8Br2O3/c1-5(13)2-3-6-4-7(14)10(15)9(12)8(6)11/h2-4,14-15H,1H3. The lowest BCUT2D eigenvalue weighted by atomic mass is 10.2. The van der Waals surface area contributed by atoms with Crippen LogP contribution in [0.1, 0.15) is 12.5 Å². The highest BCUT2D eigenvalue weighted by Crippen LogP contribution is 2.41. The van der Waals surface area contributed by atoms with Crippen molar-refractivity contribution in [3.8, 4) is 11.5 Å². The number of allylic oxidation sites excluding steroid dienone is 1. The van der Waals surface area contributed by atoms with E-state index >= 15 is 0 Å². The number of phenolic OH excluding ortho intramolecular Hbond substituents is 2. The Morgan fingerprint density at radius 1 is 1.33 bits per heavy atom. The number of ketones is 1. The zero-order chi connectivity index (χ0) is 11.6. The van der Waals surface area contributed by atoms with E-state index in [1.165, 1.54) is 19.1 Å². The molecule has 0 bridgehead atoms. The maximum absolute atomic E-state index is 10.7. The number of benzene rings is 1. The van der Waals surface area contributed by atoms with E-state index in [1.807, 2.05) is 0 Å². The van der Waals surface area contributed by atoms with Gasteiger partial charge in [-0.25, -0.2) is 0 Å². The van der Waals surface area contributed by atoms with Crippen molar-refractivity contribution in [2.45, 2.75) is 6.92 Å². The van der Waals surface area contributed by atoms with Crippen LogP contribution in [0.4, 0.5) is 0 Å². The Hall–Kier alpha value is -0.810. The number of aromatic hydroxyl groups is 2. The minimum atomic E-state index is -0.242. The molecule has 2 N–H and O–H groups in total. The second-order valence-corrected chi connectivity index (χ2v) is 4.49. The smallest absolute Gasteiger partial charge is 0.173 e. The molecule has 1 aromatic rings. The van der Waals surface area contributed by atoms with Crippen LogP contribution in [0.5, 0.6) is 11.5 Å². The van der Waals surface area contributed by atoms with Crippen molar-refractivity contribution in [1.29, 1.82) is 0 Å². The molecule has 3 nitrogen and oxygen atoms in total. The van der Waals surface area contributed by atoms with E-state index in [0.29, 0.717) is 14.5 Å². The Bertz CT molecular complexity index is 439. The number of rotatable bonds is 2. The molecule has 0 amide bonds. The first-order chi connectivity index (χ1) is 6.93. The van der Waals surface area contributed by atoms with Crippen molar-refractivity contribution in [1.82, 2.24) is 0 Å². The van der Waals surface area contributed by atoms with E-state index in [4.69, 9.17) is 0 Å². The lowest BCUT2D eigenvalue weighted by molar-refractivity contribution is -0.112. The van der Waals surface area contributed by atoms with Gasteiger partial charge in [0.15, 0.2) is 17.3 Å². The van der Waals surface area contributed by atoms with Gasteiger partial charge in [0.2, 0.25) is 0 Å². The quantitative estimate of drug-likeness (QED) is 0.644. The van der Waals surface area contributed by atoms with Gasteiger partial charge in [-0.2, -0.15) is 0 Å². The normalized spacial score (nSPS) is 10.9. The van der Waals surface area contributed by atoms with Gasteiger partial charge in [0.25, 0.3) is 0 Å². The fourth-order valence-corrected chi connectivity index (χ4v) is 1.82. The molecule has 1 rings (SSSR count). The minimum Gasteiger partial charge on any atom is -0.504 e. The van der Waals surface area contributed by atoms with Gasteiger partial charge in [-0.15, -0.1) is 0 Å². The molecule has 1 aromatic carbocycles. The van der Waals surface area contributed by atoms with Gasteiger partial charge in [-0.1, -0.05) is 6.08 Å². The molecule has 0 aliphatic rings. The fraction of sp³-hybridized carbons (Fsp3) is 0.100. The number of hydrogen-bond acceptors (Lipinski definition) is 3. The summed E-state index contributed by atoms with van der Waals surface area (Å²) < 4.78 is 0.931. The summed E-state index contributed by atoms with van der Waals surface area (Å²) in [6, 6.07) is 1.36. The van der Waals surface area contributed by atoms with Crippen molar-refractivity contribution in [3.63, 3.8) is 0 Å². The van der Waals surface area contributed by atoms with Gasteiger partial charge in [0, 0.05) is 4.47 Å². The van der Waals surface area contributed by atoms with Gasteiger partial charge < -0.3 is 10.2 Å². The summed E-state index contributed by atoms with van der Waals surface area (Å²) >= 11 is 6.35. The van der Waals surface area contributed by atoms with Crippen molar-refractivity contribution in [2.24, 2.45) is 0 Å². The molecule has 0 aliphatic heterocycles. The van der Waals surface area contributed by atoms with E-state index in [0.717, 1.165) is 0 Å². The molecule has 0 saturated carbocycles. The van der Waals surface area contributed by atoms with Gasteiger partial charge in [0.1, 0.15) is 0 Å². The minimum absolute atomic E-state index is 0.0920. The molecule has 0 aliphatic carbocycles. The molecule has 0 fully saturated rings. The van der Waals surface area contributed by atoms with Crippen molar-refractivity contribution in [2.75, 3.05) is 0 Å².